The number of fused-ring (bicyclic) bond motifs is 1. The van der Waals surface area contributed by atoms with Crippen LogP contribution < -0.4 is 4.74 Å². The first kappa shape index (κ1) is 20.2. The Morgan fingerprint density at radius 1 is 1.14 bits per heavy atom. The number of carbonyl (C=O) groups is 1. The summed E-state index contributed by atoms with van der Waals surface area (Å²) >= 11 is 0. The molecule has 0 saturated heterocycles. The van der Waals surface area contributed by atoms with E-state index in [4.69, 9.17) is 9.84 Å². The summed E-state index contributed by atoms with van der Waals surface area (Å²) in [6.07, 6.45) is 7.02. The lowest BCUT2D eigenvalue weighted by Crippen LogP contribution is -2.27. The van der Waals surface area contributed by atoms with Crippen LogP contribution in [0, 0.1) is 6.92 Å². The molecule has 0 saturated carbocycles. The maximum Gasteiger partial charge on any atom is 0.303 e. The van der Waals surface area contributed by atoms with Crippen molar-refractivity contribution in [3.63, 3.8) is 0 Å². The minimum atomic E-state index is -0.715. The Hall–Kier alpha value is -2.59. The monoisotopic (exact) mass is 379 g/mol. The summed E-state index contributed by atoms with van der Waals surface area (Å²) in [4.78, 5) is 13.1. The number of benzene rings is 2. The summed E-state index contributed by atoms with van der Waals surface area (Å²) < 4.78 is 6.07. The highest BCUT2D eigenvalue weighted by molar-refractivity contribution is 5.66. The Bertz CT molecular complexity index is 811. The predicted molar refractivity (Wildman–Crippen MR) is 113 cm³/mol. The Morgan fingerprint density at radius 3 is 2.71 bits per heavy atom. The van der Waals surface area contributed by atoms with Crippen LogP contribution >= 0.6 is 0 Å². The fourth-order valence-corrected chi connectivity index (χ4v) is 3.60. The minimum absolute atomic E-state index is 0.241. The third-order valence-electron chi connectivity index (χ3n) is 5.19. The molecule has 0 fully saturated rings. The van der Waals surface area contributed by atoms with Crippen molar-refractivity contribution in [2.75, 3.05) is 26.2 Å². The maximum atomic E-state index is 10.7. The molecule has 0 aliphatic carbocycles. The molecule has 0 aromatic heterocycles. The molecule has 0 bridgehead atoms. The van der Waals surface area contributed by atoms with Gasteiger partial charge in [0.05, 0.1) is 0 Å². The van der Waals surface area contributed by atoms with Gasteiger partial charge in [0, 0.05) is 19.5 Å². The van der Waals surface area contributed by atoms with Gasteiger partial charge in [-0.1, -0.05) is 48.0 Å². The third kappa shape index (κ3) is 5.96. The van der Waals surface area contributed by atoms with Crippen molar-refractivity contribution >= 4 is 12.0 Å². The molecule has 4 heteroatoms. The van der Waals surface area contributed by atoms with Crippen LogP contribution in [0.3, 0.4) is 0 Å². The first-order chi connectivity index (χ1) is 13.6. The van der Waals surface area contributed by atoms with Crippen LogP contribution in [-0.2, 0) is 17.6 Å². The molecular weight excluding hydrogens is 350 g/mol. The van der Waals surface area contributed by atoms with Gasteiger partial charge in [0.1, 0.15) is 12.4 Å². The van der Waals surface area contributed by atoms with Gasteiger partial charge < -0.3 is 14.7 Å². The number of carboxylic acid groups (broad SMARTS) is 1. The highest BCUT2D eigenvalue weighted by Gasteiger charge is 2.17. The average Bonchev–Trinajstić information content (AvgIpc) is 2.89. The second-order valence-electron chi connectivity index (χ2n) is 7.36. The van der Waals surface area contributed by atoms with Gasteiger partial charge in [-0.15, -0.1) is 0 Å². The predicted octanol–water partition coefficient (Wildman–Crippen LogP) is 4.35. The zero-order chi connectivity index (χ0) is 19.8. The first-order valence-corrected chi connectivity index (χ1v) is 10.0. The van der Waals surface area contributed by atoms with Gasteiger partial charge >= 0.3 is 5.97 Å². The van der Waals surface area contributed by atoms with E-state index in [1.54, 1.807) is 0 Å². The second-order valence-corrected chi connectivity index (χ2v) is 7.36. The molecule has 0 atom stereocenters. The molecule has 1 heterocycles. The molecule has 3 rings (SSSR count). The van der Waals surface area contributed by atoms with Crippen LogP contribution in [0.2, 0.25) is 0 Å². The van der Waals surface area contributed by atoms with Crippen molar-refractivity contribution in [1.29, 1.82) is 0 Å². The van der Waals surface area contributed by atoms with E-state index in [1.165, 1.54) is 22.3 Å². The van der Waals surface area contributed by atoms with E-state index in [9.17, 15) is 4.79 Å². The molecular formula is C24H29NO3. The molecule has 1 aliphatic heterocycles. The van der Waals surface area contributed by atoms with Gasteiger partial charge in [0.2, 0.25) is 0 Å². The number of hydrogen-bond donors (Lipinski definition) is 1. The zero-order valence-corrected chi connectivity index (χ0v) is 16.6. The van der Waals surface area contributed by atoms with Crippen LogP contribution in [0.25, 0.3) is 6.08 Å². The number of rotatable bonds is 8. The molecule has 2 aromatic carbocycles. The number of aryl methyl sites for hydroxylation is 1. The van der Waals surface area contributed by atoms with Gasteiger partial charge in [-0.2, -0.15) is 0 Å². The highest BCUT2D eigenvalue weighted by atomic mass is 16.5. The first-order valence-electron chi connectivity index (χ1n) is 10.0. The molecule has 1 aliphatic rings. The molecule has 28 heavy (non-hydrogen) atoms. The minimum Gasteiger partial charge on any atom is -0.489 e. The number of ether oxygens (including phenoxy) is 1. The fourth-order valence-electron chi connectivity index (χ4n) is 3.60. The summed E-state index contributed by atoms with van der Waals surface area (Å²) in [7, 11) is 0. The molecule has 1 N–H and O–H groups in total. The summed E-state index contributed by atoms with van der Waals surface area (Å²) in [6, 6.07) is 14.7. The van der Waals surface area contributed by atoms with E-state index in [1.807, 2.05) is 0 Å². The molecule has 0 spiro atoms. The lowest BCUT2D eigenvalue weighted by atomic mass is 10.0. The number of carboxylic acids is 1. The van der Waals surface area contributed by atoms with Crippen LogP contribution in [0.5, 0.6) is 5.75 Å². The van der Waals surface area contributed by atoms with E-state index in [0.29, 0.717) is 13.0 Å². The van der Waals surface area contributed by atoms with E-state index >= 15 is 0 Å². The normalized spacial score (nSPS) is 14.6. The average molecular weight is 380 g/mol. The zero-order valence-electron chi connectivity index (χ0n) is 16.6. The Balaban J connectivity index is 1.55. The lowest BCUT2D eigenvalue weighted by Gasteiger charge is -2.19. The van der Waals surface area contributed by atoms with Gasteiger partial charge in [-0.3, -0.25) is 4.79 Å². The fraction of sp³-hybridized carbons (Fsp3) is 0.375. The quantitative estimate of drug-likeness (QED) is 0.741. The molecule has 0 radical (unpaired) electrons. The molecule has 4 nitrogen and oxygen atoms in total. The van der Waals surface area contributed by atoms with E-state index < -0.39 is 5.97 Å². The summed E-state index contributed by atoms with van der Waals surface area (Å²) in [6.45, 7) is 5.41. The summed E-state index contributed by atoms with van der Waals surface area (Å²) in [5.74, 6) is 0.255. The standard InChI is InChI=1S/C24H29NO3/c1-19-9-11-20(12-10-19)5-4-18-28-23-7-2-6-21-13-16-25(17-14-22(21)23)15-3-8-24(26)27/h2,4-7,9-12H,3,8,13-18H2,1H3,(H,26,27)/b5-4+. The van der Waals surface area contributed by atoms with Crippen LogP contribution in [-0.4, -0.2) is 42.2 Å². The van der Waals surface area contributed by atoms with Gasteiger partial charge in [-0.05, 0) is 61.6 Å². The van der Waals surface area contributed by atoms with Crippen molar-refractivity contribution in [2.24, 2.45) is 0 Å². The number of aliphatic carboxylic acids is 1. The smallest absolute Gasteiger partial charge is 0.303 e. The highest BCUT2D eigenvalue weighted by Crippen LogP contribution is 2.26. The summed E-state index contributed by atoms with van der Waals surface area (Å²) in [5.41, 5.74) is 5.09. The Morgan fingerprint density at radius 2 is 1.93 bits per heavy atom. The maximum absolute atomic E-state index is 10.7. The second kappa shape index (κ2) is 10.1. The van der Waals surface area contributed by atoms with Gasteiger partial charge in [0.25, 0.3) is 0 Å². The van der Waals surface area contributed by atoms with Gasteiger partial charge in [-0.25, -0.2) is 0 Å². The Kier molecular flexibility index (Phi) is 7.26. The summed E-state index contributed by atoms with van der Waals surface area (Å²) in [5, 5.41) is 8.82. The SMILES string of the molecule is Cc1ccc(/C=C/COc2cccc3c2CCN(CCCC(=O)O)CC3)cc1. The lowest BCUT2D eigenvalue weighted by molar-refractivity contribution is -0.137. The number of nitrogens with zero attached hydrogens (tertiary/aromatic N) is 1. The van der Waals surface area contributed by atoms with E-state index in [2.05, 4.69) is 66.4 Å². The van der Waals surface area contributed by atoms with Crippen LogP contribution in [0.15, 0.2) is 48.5 Å². The van der Waals surface area contributed by atoms with Crippen LogP contribution in [0.1, 0.15) is 35.1 Å². The molecule has 0 unspecified atom stereocenters. The van der Waals surface area contributed by atoms with Crippen molar-refractivity contribution < 1.29 is 14.6 Å². The molecule has 0 amide bonds. The largest absolute Gasteiger partial charge is 0.489 e. The van der Waals surface area contributed by atoms with Crippen molar-refractivity contribution in [3.8, 4) is 5.75 Å². The Labute approximate surface area is 167 Å². The van der Waals surface area contributed by atoms with E-state index in [-0.39, 0.29) is 6.42 Å². The molecule has 148 valence electrons. The topological polar surface area (TPSA) is 49.8 Å². The third-order valence-corrected chi connectivity index (χ3v) is 5.19. The van der Waals surface area contributed by atoms with Crippen LogP contribution in [0.4, 0.5) is 0 Å². The van der Waals surface area contributed by atoms with Crippen molar-refractivity contribution in [2.45, 2.75) is 32.6 Å². The van der Waals surface area contributed by atoms with Crippen molar-refractivity contribution in [1.82, 2.24) is 4.90 Å². The molecule has 2 aromatic rings. The number of hydrogen-bond acceptors (Lipinski definition) is 3. The van der Waals surface area contributed by atoms with E-state index in [0.717, 1.165) is 38.2 Å². The van der Waals surface area contributed by atoms with Gasteiger partial charge in [0.15, 0.2) is 0 Å². The van der Waals surface area contributed by atoms with Crippen molar-refractivity contribution in [3.05, 3.63) is 70.8 Å².